The molecule has 1 amide bonds. The molecular formula is C16H25NOS. The topological polar surface area (TPSA) is 20.3 Å². The lowest BCUT2D eigenvalue weighted by molar-refractivity contribution is 0.0752. The molecule has 0 unspecified atom stereocenters. The van der Waals surface area contributed by atoms with Crippen LogP contribution in [0.1, 0.15) is 50.4 Å². The summed E-state index contributed by atoms with van der Waals surface area (Å²) in [5, 5.41) is 0. The molecule has 3 heteroatoms. The molecule has 2 nitrogen and oxygen atoms in total. The van der Waals surface area contributed by atoms with Crippen molar-refractivity contribution in [3.05, 3.63) is 29.8 Å². The minimum atomic E-state index is 0.183. The molecule has 0 aromatic heterocycles. The number of amides is 1. The first kappa shape index (κ1) is 16.1. The number of carbonyl (C=O) groups excluding carboxylic acids is 1. The highest BCUT2D eigenvalue weighted by Gasteiger charge is 2.17. The van der Waals surface area contributed by atoms with E-state index < -0.39 is 0 Å². The van der Waals surface area contributed by atoms with E-state index in [-0.39, 0.29) is 5.91 Å². The van der Waals surface area contributed by atoms with Crippen LogP contribution in [0.3, 0.4) is 0 Å². The molecule has 0 aliphatic heterocycles. The molecule has 1 rings (SSSR count). The molecule has 0 N–H and O–H groups in total. The van der Waals surface area contributed by atoms with E-state index in [1.807, 2.05) is 23.1 Å². The second kappa shape index (κ2) is 9.03. The van der Waals surface area contributed by atoms with Crippen LogP contribution in [-0.2, 0) is 0 Å². The van der Waals surface area contributed by atoms with Crippen molar-refractivity contribution in [1.82, 2.24) is 4.90 Å². The van der Waals surface area contributed by atoms with Crippen molar-refractivity contribution < 1.29 is 4.79 Å². The fourth-order valence-electron chi connectivity index (χ4n) is 2.01. The average molecular weight is 279 g/mol. The van der Waals surface area contributed by atoms with E-state index >= 15 is 0 Å². The van der Waals surface area contributed by atoms with E-state index in [0.717, 1.165) is 48.6 Å². The third-order valence-corrected chi connectivity index (χ3v) is 4.13. The number of rotatable bonds is 8. The summed E-state index contributed by atoms with van der Waals surface area (Å²) in [5.41, 5.74) is 0.864. The van der Waals surface area contributed by atoms with E-state index in [1.54, 1.807) is 11.8 Å². The van der Waals surface area contributed by atoms with E-state index in [2.05, 4.69) is 26.8 Å². The van der Waals surface area contributed by atoms with Crippen molar-refractivity contribution in [2.75, 3.05) is 18.8 Å². The Balaban J connectivity index is 2.89. The highest BCUT2D eigenvalue weighted by Crippen LogP contribution is 2.24. The minimum absolute atomic E-state index is 0.183. The SMILES string of the molecule is CCCSc1ccccc1C(=O)N(CCC)CCC. The van der Waals surface area contributed by atoms with Crippen LogP contribution in [0, 0.1) is 0 Å². The first-order valence-electron chi connectivity index (χ1n) is 7.25. The van der Waals surface area contributed by atoms with Gasteiger partial charge in [0.25, 0.3) is 5.91 Å². The fourth-order valence-corrected chi connectivity index (χ4v) is 2.92. The van der Waals surface area contributed by atoms with Gasteiger partial charge in [-0.15, -0.1) is 11.8 Å². The number of hydrogen-bond acceptors (Lipinski definition) is 2. The van der Waals surface area contributed by atoms with E-state index in [4.69, 9.17) is 0 Å². The predicted molar refractivity (Wildman–Crippen MR) is 83.9 cm³/mol. The van der Waals surface area contributed by atoms with E-state index in [1.165, 1.54) is 0 Å². The van der Waals surface area contributed by atoms with E-state index in [9.17, 15) is 4.79 Å². The molecule has 1 aromatic rings. The Morgan fingerprint density at radius 2 is 1.68 bits per heavy atom. The van der Waals surface area contributed by atoms with Gasteiger partial charge in [0.15, 0.2) is 0 Å². The van der Waals surface area contributed by atoms with Gasteiger partial charge in [0, 0.05) is 18.0 Å². The molecule has 0 bridgehead atoms. The van der Waals surface area contributed by atoms with Crippen molar-refractivity contribution in [1.29, 1.82) is 0 Å². The molecular weight excluding hydrogens is 254 g/mol. The summed E-state index contributed by atoms with van der Waals surface area (Å²) in [6, 6.07) is 7.99. The lowest BCUT2D eigenvalue weighted by atomic mass is 10.2. The zero-order valence-corrected chi connectivity index (χ0v) is 13.1. The molecule has 106 valence electrons. The highest BCUT2D eigenvalue weighted by molar-refractivity contribution is 7.99. The van der Waals surface area contributed by atoms with Crippen LogP contribution in [0.4, 0.5) is 0 Å². The molecule has 1 aromatic carbocycles. The Labute approximate surface area is 121 Å². The van der Waals surface area contributed by atoms with Gasteiger partial charge in [-0.2, -0.15) is 0 Å². The van der Waals surface area contributed by atoms with Gasteiger partial charge >= 0.3 is 0 Å². The van der Waals surface area contributed by atoms with Crippen molar-refractivity contribution in [3.63, 3.8) is 0 Å². The van der Waals surface area contributed by atoms with Crippen molar-refractivity contribution in [3.8, 4) is 0 Å². The van der Waals surface area contributed by atoms with Crippen molar-refractivity contribution >= 4 is 17.7 Å². The average Bonchev–Trinajstić information content (AvgIpc) is 2.44. The fraction of sp³-hybridized carbons (Fsp3) is 0.562. The number of hydrogen-bond donors (Lipinski definition) is 0. The Morgan fingerprint density at radius 1 is 1.05 bits per heavy atom. The van der Waals surface area contributed by atoms with Crippen molar-refractivity contribution in [2.24, 2.45) is 0 Å². The molecule has 0 saturated carbocycles. The van der Waals surface area contributed by atoms with Gasteiger partial charge in [-0.25, -0.2) is 0 Å². The summed E-state index contributed by atoms with van der Waals surface area (Å²) in [6.45, 7) is 8.10. The Hall–Kier alpha value is -0.960. The molecule has 0 heterocycles. The molecule has 0 atom stereocenters. The van der Waals surface area contributed by atoms with Crippen LogP contribution in [0.5, 0.6) is 0 Å². The summed E-state index contributed by atoms with van der Waals surface area (Å²) >= 11 is 1.78. The Kier molecular flexibility index (Phi) is 7.65. The maximum Gasteiger partial charge on any atom is 0.254 e. The number of benzene rings is 1. The maximum atomic E-state index is 12.6. The van der Waals surface area contributed by atoms with Gasteiger partial charge < -0.3 is 4.90 Å². The molecule has 0 fully saturated rings. The molecule has 0 aliphatic rings. The molecule has 0 radical (unpaired) electrons. The van der Waals surface area contributed by atoms with Crippen LogP contribution >= 0.6 is 11.8 Å². The van der Waals surface area contributed by atoms with Crippen LogP contribution < -0.4 is 0 Å². The maximum absolute atomic E-state index is 12.6. The summed E-state index contributed by atoms with van der Waals surface area (Å²) in [4.78, 5) is 15.7. The second-order valence-corrected chi connectivity index (χ2v) is 5.77. The Morgan fingerprint density at radius 3 is 2.26 bits per heavy atom. The zero-order chi connectivity index (χ0) is 14.1. The third kappa shape index (κ3) is 4.90. The Bertz CT molecular complexity index is 386. The molecule has 19 heavy (non-hydrogen) atoms. The third-order valence-electron chi connectivity index (χ3n) is 2.85. The minimum Gasteiger partial charge on any atom is -0.339 e. The molecule has 0 saturated heterocycles. The van der Waals surface area contributed by atoms with Crippen LogP contribution in [-0.4, -0.2) is 29.6 Å². The number of thioether (sulfide) groups is 1. The largest absolute Gasteiger partial charge is 0.339 e. The molecule has 0 aliphatic carbocycles. The standard InChI is InChI=1S/C16H25NOS/c1-4-11-17(12-5-2)16(18)14-9-7-8-10-15(14)19-13-6-3/h7-10H,4-6,11-13H2,1-3H3. The van der Waals surface area contributed by atoms with Gasteiger partial charge in [-0.3, -0.25) is 4.79 Å². The molecule has 0 spiro atoms. The zero-order valence-electron chi connectivity index (χ0n) is 12.3. The van der Waals surface area contributed by atoms with Crippen molar-refractivity contribution in [2.45, 2.75) is 44.9 Å². The summed E-state index contributed by atoms with van der Waals surface area (Å²) in [5.74, 6) is 1.24. The van der Waals surface area contributed by atoms with E-state index in [0.29, 0.717) is 0 Å². The van der Waals surface area contributed by atoms with Crippen LogP contribution in [0.25, 0.3) is 0 Å². The normalized spacial score (nSPS) is 10.5. The smallest absolute Gasteiger partial charge is 0.254 e. The highest BCUT2D eigenvalue weighted by atomic mass is 32.2. The number of carbonyl (C=O) groups is 1. The first-order valence-corrected chi connectivity index (χ1v) is 8.24. The van der Waals surface area contributed by atoms with Crippen LogP contribution in [0.2, 0.25) is 0 Å². The van der Waals surface area contributed by atoms with Gasteiger partial charge in [0.1, 0.15) is 0 Å². The van der Waals surface area contributed by atoms with Crippen LogP contribution in [0.15, 0.2) is 29.2 Å². The number of nitrogens with zero attached hydrogens (tertiary/aromatic N) is 1. The quantitative estimate of drug-likeness (QED) is 0.655. The predicted octanol–water partition coefficient (Wildman–Crippen LogP) is 4.45. The summed E-state index contributed by atoms with van der Waals surface area (Å²) in [6.07, 6.45) is 3.15. The van der Waals surface area contributed by atoms with Gasteiger partial charge in [-0.1, -0.05) is 32.9 Å². The first-order chi connectivity index (χ1) is 9.24. The lowest BCUT2D eigenvalue weighted by Gasteiger charge is -2.22. The van der Waals surface area contributed by atoms with Gasteiger partial charge in [0.05, 0.1) is 5.56 Å². The van der Waals surface area contributed by atoms with Gasteiger partial charge in [0.2, 0.25) is 0 Å². The second-order valence-electron chi connectivity index (χ2n) is 4.64. The lowest BCUT2D eigenvalue weighted by Crippen LogP contribution is -2.32. The summed E-state index contributed by atoms with van der Waals surface area (Å²) in [7, 11) is 0. The summed E-state index contributed by atoms with van der Waals surface area (Å²) < 4.78 is 0. The van der Waals surface area contributed by atoms with Gasteiger partial charge in [-0.05, 0) is 37.1 Å². The monoisotopic (exact) mass is 279 g/mol.